The first-order chi connectivity index (χ1) is 17.0. The van der Waals surface area contributed by atoms with E-state index in [0.717, 1.165) is 11.6 Å². The van der Waals surface area contributed by atoms with E-state index in [9.17, 15) is 14.0 Å². The Kier molecular flexibility index (Phi) is 7.54. The summed E-state index contributed by atoms with van der Waals surface area (Å²) < 4.78 is 36.1. The fraction of sp³-hybridized carbons (Fsp3) is 0.333. The van der Waals surface area contributed by atoms with E-state index in [1.165, 1.54) is 6.07 Å². The minimum absolute atomic E-state index is 0.0451. The molecule has 0 radical (unpaired) electrons. The molecule has 2 atom stereocenters. The van der Waals surface area contributed by atoms with E-state index in [4.69, 9.17) is 24.2 Å². The average Bonchev–Trinajstić information content (AvgIpc) is 2.89. The van der Waals surface area contributed by atoms with Crippen LogP contribution in [0.1, 0.15) is 22.6 Å². The third kappa shape index (κ3) is 5.74. The smallest absolute Gasteiger partial charge is 0.287 e. The van der Waals surface area contributed by atoms with Crippen molar-refractivity contribution >= 4 is 16.8 Å². The van der Waals surface area contributed by atoms with Crippen molar-refractivity contribution in [2.45, 2.75) is 25.2 Å². The molecule has 4 rings (SSSR count). The third-order valence-corrected chi connectivity index (χ3v) is 5.38. The Morgan fingerprint density at radius 2 is 2.17 bits per heavy atom. The number of hydrogen-bond donors (Lipinski definition) is 2. The van der Waals surface area contributed by atoms with Crippen molar-refractivity contribution in [2.75, 3.05) is 26.9 Å². The zero-order valence-electron chi connectivity index (χ0n) is 18.9. The number of amides is 1. The monoisotopic (exact) mass is 482 g/mol. The predicted octanol–water partition coefficient (Wildman–Crippen LogP) is 2.08. The van der Waals surface area contributed by atoms with Gasteiger partial charge in [0.05, 0.1) is 44.6 Å². The number of nitrogens with zero attached hydrogens (tertiary/aromatic N) is 2. The van der Waals surface area contributed by atoms with Crippen LogP contribution in [0.3, 0.4) is 0 Å². The summed E-state index contributed by atoms with van der Waals surface area (Å²) >= 11 is 0. The number of nitrogens with one attached hydrogen (secondary N) is 2. The van der Waals surface area contributed by atoms with Gasteiger partial charge < -0.3 is 29.2 Å². The van der Waals surface area contributed by atoms with Crippen molar-refractivity contribution < 1.29 is 28.1 Å². The Morgan fingerprint density at radius 3 is 2.91 bits per heavy atom. The van der Waals surface area contributed by atoms with Crippen LogP contribution in [-0.4, -0.2) is 55.0 Å². The van der Waals surface area contributed by atoms with Crippen molar-refractivity contribution in [3.63, 3.8) is 0 Å². The van der Waals surface area contributed by atoms with Gasteiger partial charge in [0.1, 0.15) is 11.1 Å². The summed E-state index contributed by atoms with van der Waals surface area (Å²) in [5.41, 5.74) is 0.213. The quantitative estimate of drug-likeness (QED) is 0.498. The lowest BCUT2D eigenvalue weighted by Crippen LogP contribution is -2.35. The fourth-order valence-electron chi connectivity index (χ4n) is 3.55. The lowest BCUT2D eigenvalue weighted by Gasteiger charge is -2.26. The molecular weight excluding hydrogens is 459 g/mol. The molecule has 2 N–H and O–H groups in total. The number of methoxy groups -OCH3 is 1. The van der Waals surface area contributed by atoms with E-state index in [1.807, 2.05) is 12.1 Å². The molecule has 1 aromatic heterocycles. The number of aromatic amines is 1. The van der Waals surface area contributed by atoms with Gasteiger partial charge >= 0.3 is 0 Å². The zero-order valence-corrected chi connectivity index (χ0v) is 18.9. The van der Waals surface area contributed by atoms with Gasteiger partial charge in [0.25, 0.3) is 11.5 Å². The number of rotatable bonds is 8. The summed E-state index contributed by atoms with van der Waals surface area (Å²) in [6.07, 6.45) is -0.549. The summed E-state index contributed by atoms with van der Waals surface area (Å²) in [5, 5.41) is 11.4. The molecule has 11 heteroatoms. The van der Waals surface area contributed by atoms with Crippen LogP contribution in [0, 0.1) is 17.1 Å². The number of hydrogen-bond acceptors (Lipinski definition) is 8. The number of H-pyrrole nitrogens is 1. The number of aromatic nitrogens is 2. The standard InChI is InChI=1S/C24H23FN4O6/c1-32-15-4-2-3-14(9-15)11-27-24(31)22-28-19-6-5-18(25)21(20(19)23(30)29-22)33-8-7-16-12-35-17(10-26)13-34-16/h2-6,9,16-17H,7-8,11-13H2,1H3,(H,27,31)(H,28,29,30). The van der Waals surface area contributed by atoms with Gasteiger partial charge in [0.15, 0.2) is 23.5 Å². The van der Waals surface area contributed by atoms with Crippen molar-refractivity contribution in [3.8, 4) is 17.6 Å². The molecule has 0 spiro atoms. The molecule has 35 heavy (non-hydrogen) atoms. The van der Waals surface area contributed by atoms with Gasteiger partial charge in [-0.2, -0.15) is 5.26 Å². The van der Waals surface area contributed by atoms with Crippen molar-refractivity contribution in [2.24, 2.45) is 0 Å². The van der Waals surface area contributed by atoms with Crippen LogP contribution >= 0.6 is 0 Å². The summed E-state index contributed by atoms with van der Waals surface area (Å²) in [7, 11) is 1.55. The molecule has 0 saturated carbocycles. The second kappa shape index (κ2) is 10.9. The Labute approximate surface area is 199 Å². The maximum Gasteiger partial charge on any atom is 0.287 e. The number of ether oxygens (including phenoxy) is 4. The number of halogens is 1. The molecule has 2 unspecified atom stereocenters. The molecular formula is C24H23FN4O6. The normalized spacial score (nSPS) is 17.5. The highest BCUT2D eigenvalue weighted by Gasteiger charge is 2.23. The highest BCUT2D eigenvalue weighted by molar-refractivity contribution is 5.93. The van der Waals surface area contributed by atoms with Gasteiger partial charge in [-0.05, 0) is 29.8 Å². The van der Waals surface area contributed by atoms with Crippen LogP contribution in [0.4, 0.5) is 4.39 Å². The molecule has 2 aromatic carbocycles. The van der Waals surface area contributed by atoms with Crippen LogP contribution in [0.15, 0.2) is 41.2 Å². The molecule has 1 saturated heterocycles. The SMILES string of the molecule is COc1cccc(CNC(=O)c2nc3ccc(F)c(OCCC4COC(C#N)CO4)c3c(=O)[nH]2)c1. The minimum Gasteiger partial charge on any atom is -0.497 e. The van der Waals surface area contributed by atoms with E-state index < -0.39 is 23.4 Å². The van der Waals surface area contributed by atoms with Gasteiger partial charge in [-0.25, -0.2) is 9.37 Å². The van der Waals surface area contributed by atoms with Crippen molar-refractivity contribution in [1.82, 2.24) is 15.3 Å². The van der Waals surface area contributed by atoms with Gasteiger partial charge in [0.2, 0.25) is 0 Å². The Balaban J connectivity index is 1.45. The van der Waals surface area contributed by atoms with Crippen molar-refractivity contribution in [3.05, 3.63) is 64.0 Å². The largest absolute Gasteiger partial charge is 0.497 e. The Hall–Kier alpha value is -4.01. The molecule has 0 bridgehead atoms. The third-order valence-electron chi connectivity index (χ3n) is 5.38. The fourth-order valence-corrected chi connectivity index (χ4v) is 3.55. The van der Waals surface area contributed by atoms with Crippen LogP contribution < -0.4 is 20.3 Å². The molecule has 1 aliphatic heterocycles. The zero-order chi connectivity index (χ0) is 24.8. The highest BCUT2D eigenvalue weighted by atomic mass is 19.1. The molecule has 10 nitrogen and oxygen atoms in total. The van der Waals surface area contributed by atoms with E-state index in [0.29, 0.717) is 12.2 Å². The average molecular weight is 482 g/mol. The number of nitriles is 1. The maximum atomic E-state index is 14.5. The summed E-state index contributed by atoms with van der Waals surface area (Å²) in [5.74, 6) is -1.14. The molecule has 2 heterocycles. The number of carbonyl (C=O) groups excluding carboxylic acids is 1. The predicted molar refractivity (Wildman–Crippen MR) is 122 cm³/mol. The van der Waals surface area contributed by atoms with Gasteiger partial charge in [-0.15, -0.1) is 0 Å². The molecule has 1 amide bonds. The summed E-state index contributed by atoms with van der Waals surface area (Å²) in [6, 6.07) is 11.6. The number of carbonyl (C=O) groups is 1. The second-order valence-corrected chi connectivity index (χ2v) is 7.76. The first-order valence-electron chi connectivity index (χ1n) is 10.9. The highest BCUT2D eigenvalue weighted by Crippen LogP contribution is 2.25. The van der Waals surface area contributed by atoms with Gasteiger partial charge in [-0.3, -0.25) is 9.59 Å². The molecule has 0 aliphatic carbocycles. The first kappa shape index (κ1) is 24.1. The van der Waals surface area contributed by atoms with E-state index >= 15 is 0 Å². The summed E-state index contributed by atoms with van der Waals surface area (Å²) in [4.78, 5) is 31.9. The topological polar surface area (TPSA) is 136 Å². The van der Waals surface area contributed by atoms with Gasteiger partial charge in [0, 0.05) is 13.0 Å². The van der Waals surface area contributed by atoms with E-state index in [2.05, 4.69) is 15.3 Å². The molecule has 182 valence electrons. The number of fused-ring (bicyclic) bond motifs is 1. The minimum atomic E-state index is -0.731. The first-order valence-corrected chi connectivity index (χ1v) is 10.9. The van der Waals surface area contributed by atoms with Crippen LogP contribution in [0.2, 0.25) is 0 Å². The number of benzene rings is 2. The van der Waals surface area contributed by atoms with E-state index in [1.54, 1.807) is 25.3 Å². The Morgan fingerprint density at radius 1 is 1.31 bits per heavy atom. The van der Waals surface area contributed by atoms with E-state index in [-0.39, 0.29) is 54.9 Å². The summed E-state index contributed by atoms with van der Waals surface area (Å²) in [6.45, 7) is 0.604. The molecule has 3 aromatic rings. The van der Waals surface area contributed by atoms with Crippen LogP contribution in [-0.2, 0) is 16.0 Å². The molecule has 1 fully saturated rings. The second-order valence-electron chi connectivity index (χ2n) is 7.76. The maximum absolute atomic E-state index is 14.5. The van der Waals surface area contributed by atoms with Crippen LogP contribution in [0.25, 0.3) is 10.9 Å². The lowest BCUT2D eigenvalue weighted by atomic mass is 10.2. The lowest BCUT2D eigenvalue weighted by molar-refractivity contribution is -0.118. The van der Waals surface area contributed by atoms with Crippen molar-refractivity contribution in [1.29, 1.82) is 5.26 Å². The van der Waals surface area contributed by atoms with Gasteiger partial charge in [-0.1, -0.05) is 12.1 Å². The van der Waals surface area contributed by atoms with Crippen LogP contribution in [0.5, 0.6) is 11.5 Å². The Bertz CT molecular complexity index is 1310. The molecule has 1 aliphatic rings.